The fraction of sp³-hybridized carbons (Fsp3) is 0.111. The van der Waals surface area contributed by atoms with E-state index in [2.05, 4.69) is 4.98 Å². The summed E-state index contributed by atoms with van der Waals surface area (Å²) >= 11 is 0. The highest BCUT2D eigenvalue weighted by atomic mass is 16.4. The molecule has 1 heterocycles. The van der Waals surface area contributed by atoms with Crippen LogP contribution in [0.25, 0.3) is 11.0 Å². The van der Waals surface area contributed by atoms with Crippen LogP contribution in [0.15, 0.2) is 23.0 Å². The van der Waals surface area contributed by atoms with Gasteiger partial charge in [-0.1, -0.05) is 6.07 Å². The standard InChI is InChI=1S/C9H8N2O4/c12-6-3-1-2-5-8(6)10-9(15)11(5)4-7(13)14/h1-3,12H,4H2,(H,10,15)(H,13,14). The van der Waals surface area contributed by atoms with Gasteiger partial charge in [-0.2, -0.15) is 0 Å². The summed E-state index contributed by atoms with van der Waals surface area (Å²) in [6, 6.07) is 4.53. The van der Waals surface area contributed by atoms with Gasteiger partial charge in [0.05, 0.1) is 5.52 Å². The van der Waals surface area contributed by atoms with Crippen molar-refractivity contribution in [3.8, 4) is 5.75 Å². The highest BCUT2D eigenvalue weighted by Crippen LogP contribution is 2.20. The van der Waals surface area contributed by atoms with E-state index in [-0.39, 0.29) is 11.3 Å². The van der Waals surface area contributed by atoms with Gasteiger partial charge in [-0.3, -0.25) is 9.36 Å². The molecule has 1 aromatic heterocycles. The average Bonchev–Trinajstić information content (AvgIpc) is 2.45. The first-order valence-corrected chi connectivity index (χ1v) is 4.22. The first-order chi connectivity index (χ1) is 7.09. The van der Waals surface area contributed by atoms with E-state index in [0.29, 0.717) is 5.52 Å². The number of fused-ring (bicyclic) bond motifs is 1. The van der Waals surface area contributed by atoms with Gasteiger partial charge in [0, 0.05) is 0 Å². The molecule has 15 heavy (non-hydrogen) atoms. The third kappa shape index (κ3) is 1.45. The van der Waals surface area contributed by atoms with E-state index in [1.165, 1.54) is 6.07 Å². The zero-order chi connectivity index (χ0) is 11.0. The number of aromatic nitrogens is 2. The molecule has 0 fully saturated rings. The van der Waals surface area contributed by atoms with Gasteiger partial charge in [-0.05, 0) is 12.1 Å². The summed E-state index contributed by atoms with van der Waals surface area (Å²) < 4.78 is 1.05. The van der Waals surface area contributed by atoms with Gasteiger partial charge < -0.3 is 15.2 Å². The van der Waals surface area contributed by atoms with Gasteiger partial charge in [0.25, 0.3) is 0 Å². The number of phenols is 1. The number of para-hydroxylation sites is 1. The van der Waals surface area contributed by atoms with Crippen LogP contribution in [-0.2, 0) is 11.3 Å². The van der Waals surface area contributed by atoms with E-state index in [1.54, 1.807) is 12.1 Å². The monoisotopic (exact) mass is 208 g/mol. The average molecular weight is 208 g/mol. The maximum absolute atomic E-state index is 11.4. The molecule has 0 aliphatic carbocycles. The summed E-state index contributed by atoms with van der Waals surface area (Å²) in [6.45, 7) is -0.428. The molecule has 6 heteroatoms. The molecular weight excluding hydrogens is 200 g/mol. The van der Waals surface area contributed by atoms with Crippen molar-refractivity contribution in [1.29, 1.82) is 0 Å². The van der Waals surface area contributed by atoms with Crippen LogP contribution >= 0.6 is 0 Å². The highest BCUT2D eigenvalue weighted by molar-refractivity contribution is 5.82. The van der Waals surface area contributed by atoms with Crippen molar-refractivity contribution in [3.63, 3.8) is 0 Å². The minimum Gasteiger partial charge on any atom is -0.506 e. The van der Waals surface area contributed by atoms with Gasteiger partial charge in [-0.15, -0.1) is 0 Å². The van der Waals surface area contributed by atoms with Crippen LogP contribution in [-0.4, -0.2) is 25.7 Å². The van der Waals surface area contributed by atoms with Gasteiger partial charge in [0.1, 0.15) is 17.8 Å². The zero-order valence-corrected chi connectivity index (χ0v) is 7.60. The number of aliphatic carboxylic acids is 1. The Morgan fingerprint density at radius 1 is 1.47 bits per heavy atom. The molecule has 1 aromatic carbocycles. The predicted molar refractivity (Wildman–Crippen MR) is 51.9 cm³/mol. The number of phenolic OH excluding ortho intramolecular Hbond substituents is 1. The predicted octanol–water partition coefficient (Wildman–Crippen LogP) is 0.120. The Morgan fingerprint density at radius 3 is 2.87 bits per heavy atom. The Morgan fingerprint density at radius 2 is 2.20 bits per heavy atom. The number of imidazole rings is 1. The van der Waals surface area contributed by atoms with E-state index in [9.17, 15) is 14.7 Å². The van der Waals surface area contributed by atoms with E-state index in [0.717, 1.165) is 4.57 Å². The van der Waals surface area contributed by atoms with Crippen molar-refractivity contribution in [1.82, 2.24) is 9.55 Å². The molecule has 0 atom stereocenters. The summed E-state index contributed by atoms with van der Waals surface area (Å²) in [4.78, 5) is 24.3. The van der Waals surface area contributed by atoms with Crippen LogP contribution in [0.4, 0.5) is 0 Å². The van der Waals surface area contributed by atoms with Gasteiger partial charge >= 0.3 is 11.7 Å². The zero-order valence-electron chi connectivity index (χ0n) is 7.60. The molecule has 0 radical (unpaired) electrons. The van der Waals surface area contributed by atoms with E-state index >= 15 is 0 Å². The molecule has 6 nitrogen and oxygen atoms in total. The quantitative estimate of drug-likeness (QED) is 0.653. The van der Waals surface area contributed by atoms with Crippen molar-refractivity contribution >= 4 is 17.0 Å². The van der Waals surface area contributed by atoms with E-state index < -0.39 is 18.2 Å². The number of hydrogen-bond acceptors (Lipinski definition) is 3. The maximum atomic E-state index is 11.4. The number of carboxylic acids is 1. The second-order valence-corrected chi connectivity index (χ2v) is 3.08. The Bertz CT molecular complexity index is 581. The Kier molecular flexibility index (Phi) is 1.96. The topological polar surface area (TPSA) is 95.3 Å². The molecule has 0 amide bonds. The van der Waals surface area contributed by atoms with E-state index in [1.807, 2.05) is 0 Å². The van der Waals surface area contributed by atoms with Gasteiger partial charge in [-0.25, -0.2) is 4.79 Å². The first-order valence-electron chi connectivity index (χ1n) is 4.22. The molecule has 2 rings (SSSR count). The number of carboxylic acid groups (broad SMARTS) is 1. The summed E-state index contributed by atoms with van der Waals surface area (Å²) in [5.74, 6) is -1.19. The largest absolute Gasteiger partial charge is 0.506 e. The molecule has 0 bridgehead atoms. The van der Waals surface area contributed by atoms with Crippen molar-refractivity contribution in [2.24, 2.45) is 0 Å². The number of aromatic amines is 1. The SMILES string of the molecule is O=C(O)Cn1c(=O)[nH]c2c(O)cccc21. The number of carbonyl (C=O) groups is 1. The Hall–Kier alpha value is -2.24. The highest BCUT2D eigenvalue weighted by Gasteiger charge is 2.11. The number of H-pyrrole nitrogens is 1. The van der Waals surface area contributed by atoms with Crippen molar-refractivity contribution in [2.45, 2.75) is 6.54 Å². The van der Waals surface area contributed by atoms with Crippen molar-refractivity contribution in [2.75, 3.05) is 0 Å². The lowest BCUT2D eigenvalue weighted by molar-refractivity contribution is -0.137. The molecule has 0 spiro atoms. The third-order valence-corrected chi connectivity index (χ3v) is 2.08. The molecule has 3 N–H and O–H groups in total. The number of nitrogens with one attached hydrogen (secondary N) is 1. The second kappa shape index (κ2) is 3.16. The molecule has 78 valence electrons. The number of rotatable bonds is 2. The van der Waals surface area contributed by atoms with Gasteiger partial charge in [0.15, 0.2) is 0 Å². The molecule has 0 aliphatic heterocycles. The molecule has 0 unspecified atom stereocenters. The normalized spacial score (nSPS) is 10.7. The minimum atomic E-state index is -1.11. The van der Waals surface area contributed by atoms with Crippen LogP contribution in [0.3, 0.4) is 0 Å². The fourth-order valence-corrected chi connectivity index (χ4v) is 1.46. The molecule has 0 saturated heterocycles. The Balaban J connectivity index is 2.74. The van der Waals surface area contributed by atoms with Crippen molar-refractivity contribution in [3.05, 3.63) is 28.7 Å². The molecule has 2 aromatic rings. The number of aromatic hydroxyl groups is 1. The third-order valence-electron chi connectivity index (χ3n) is 2.08. The summed E-state index contributed by atoms with van der Waals surface area (Å²) in [6.07, 6.45) is 0. The summed E-state index contributed by atoms with van der Waals surface area (Å²) in [5.41, 5.74) is 0.0834. The van der Waals surface area contributed by atoms with Crippen LogP contribution in [0, 0.1) is 0 Å². The number of hydrogen-bond donors (Lipinski definition) is 3. The van der Waals surface area contributed by atoms with Crippen LogP contribution in [0.2, 0.25) is 0 Å². The Labute approximate surface area is 83.4 Å². The van der Waals surface area contributed by atoms with Crippen LogP contribution < -0.4 is 5.69 Å². The summed E-state index contributed by atoms with van der Waals surface area (Å²) in [5, 5.41) is 18.0. The smallest absolute Gasteiger partial charge is 0.327 e. The summed E-state index contributed by atoms with van der Waals surface area (Å²) in [7, 11) is 0. The number of benzene rings is 1. The fourth-order valence-electron chi connectivity index (χ4n) is 1.46. The molecule has 0 saturated carbocycles. The van der Waals surface area contributed by atoms with E-state index in [4.69, 9.17) is 5.11 Å². The maximum Gasteiger partial charge on any atom is 0.327 e. The molecular formula is C9H8N2O4. The van der Waals surface area contributed by atoms with Gasteiger partial charge in [0.2, 0.25) is 0 Å². The minimum absolute atomic E-state index is 0.0752. The van der Waals surface area contributed by atoms with Crippen molar-refractivity contribution < 1.29 is 15.0 Å². The number of nitrogens with zero attached hydrogens (tertiary/aromatic N) is 1. The molecule has 0 aliphatic rings. The van der Waals surface area contributed by atoms with Crippen LogP contribution in [0.1, 0.15) is 0 Å². The lowest BCUT2D eigenvalue weighted by Crippen LogP contribution is -2.21. The lowest BCUT2D eigenvalue weighted by Gasteiger charge is -1.98. The lowest BCUT2D eigenvalue weighted by atomic mass is 10.3. The second-order valence-electron chi connectivity index (χ2n) is 3.08. The first kappa shape index (κ1) is 9.32. The van der Waals surface area contributed by atoms with Crippen LogP contribution in [0.5, 0.6) is 5.75 Å².